The largest absolute Gasteiger partial charge is 0.270 e. The van der Waals surface area contributed by atoms with Gasteiger partial charge < -0.3 is 0 Å². The number of aromatic nitrogens is 1. The first-order valence-electron chi connectivity index (χ1n) is 6.64. The van der Waals surface area contributed by atoms with Crippen LogP contribution in [0.25, 0.3) is 0 Å². The van der Waals surface area contributed by atoms with Gasteiger partial charge in [0.2, 0.25) is 10.0 Å². The Hall–Kier alpha value is -1.84. The molecule has 116 valence electrons. The lowest BCUT2D eigenvalue weighted by atomic mass is 10.3. The second kappa shape index (κ2) is 5.75. The van der Waals surface area contributed by atoms with E-state index >= 15 is 0 Å². The molecular formula is C13H13N3O4S2. The van der Waals surface area contributed by atoms with Gasteiger partial charge in [0.05, 0.1) is 27.1 Å². The highest BCUT2D eigenvalue weighted by Crippen LogP contribution is 2.41. The van der Waals surface area contributed by atoms with Crippen molar-refractivity contribution in [3.63, 3.8) is 0 Å². The molecule has 9 heteroatoms. The number of thiazole rings is 1. The van der Waals surface area contributed by atoms with Crippen LogP contribution in [-0.4, -0.2) is 18.3 Å². The van der Waals surface area contributed by atoms with Crippen molar-refractivity contribution in [2.24, 2.45) is 0 Å². The average Bonchev–Trinajstić information content (AvgIpc) is 3.24. The van der Waals surface area contributed by atoms with E-state index in [1.807, 2.05) is 5.38 Å². The number of sulfonamides is 1. The molecule has 0 saturated heterocycles. The van der Waals surface area contributed by atoms with E-state index in [2.05, 4.69) is 9.71 Å². The fraction of sp³-hybridized carbons (Fsp3) is 0.308. The van der Waals surface area contributed by atoms with Gasteiger partial charge in [0.1, 0.15) is 0 Å². The van der Waals surface area contributed by atoms with Crippen molar-refractivity contribution in [3.05, 3.63) is 50.5 Å². The lowest BCUT2D eigenvalue weighted by molar-refractivity contribution is -0.385. The standard InChI is InChI=1S/C13H13N3O4S2/c17-16(18)11-2-1-3-12(6-11)22(19,20)14-7-10-8-21-13(15-10)9-4-5-9/h1-3,6,8-9,14H,4-5,7H2. The highest BCUT2D eigenvalue weighted by Gasteiger charge is 2.26. The van der Waals surface area contributed by atoms with E-state index in [-0.39, 0.29) is 17.1 Å². The van der Waals surface area contributed by atoms with Crippen LogP contribution in [0.4, 0.5) is 5.69 Å². The summed E-state index contributed by atoms with van der Waals surface area (Å²) in [6.45, 7) is 0.0776. The molecule has 0 radical (unpaired) electrons. The van der Waals surface area contributed by atoms with Gasteiger partial charge in [-0.05, 0) is 18.9 Å². The second-order valence-corrected chi connectivity index (χ2v) is 7.69. The van der Waals surface area contributed by atoms with Crippen molar-refractivity contribution in [1.82, 2.24) is 9.71 Å². The summed E-state index contributed by atoms with van der Waals surface area (Å²) in [5.74, 6) is 0.534. The highest BCUT2D eigenvalue weighted by molar-refractivity contribution is 7.89. The summed E-state index contributed by atoms with van der Waals surface area (Å²) in [6, 6.07) is 4.97. The maximum absolute atomic E-state index is 12.2. The van der Waals surface area contributed by atoms with Crippen molar-refractivity contribution in [2.75, 3.05) is 0 Å². The summed E-state index contributed by atoms with van der Waals surface area (Å²) in [6.07, 6.45) is 2.29. The Bertz CT molecular complexity index is 812. The fourth-order valence-electron chi connectivity index (χ4n) is 1.94. The van der Waals surface area contributed by atoms with Crippen molar-refractivity contribution in [3.8, 4) is 0 Å². The zero-order chi connectivity index (χ0) is 15.7. The molecule has 0 spiro atoms. The van der Waals surface area contributed by atoms with E-state index in [1.54, 1.807) is 0 Å². The van der Waals surface area contributed by atoms with Crippen molar-refractivity contribution < 1.29 is 13.3 Å². The van der Waals surface area contributed by atoms with Crippen molar-refractivity contribution >= 4 is 27.0 Å². The molecule has 1 heterocycles. The zero-order valence-corrected chi connectivity index (χ0v) is 13.1. The molecule has 1 aromatic heterocycles. The first-order valence-corrected chi connectivity index (χ1v) is 9.00. The summed E-state index contributed by atoms with van der Waals surface area (Å²) >= 11 is 1.54. The van der Waals surface area contributed by atoms with Gasteiger partial charge >= 0.3 is 0 Å². The number of nitrogens with zero attached hydrogens (tertiary/aromatic N) is 2. The van der Waals surface area contributed by atoms with Gasteiger partial charge in [0, 0.05) is 23.4 Å². The van der Waals surface area contributed by atoms with Crippen LogP contribution in [0.3, 0.4) is 0 Å². The molecule has 1 saturated carbocycles. The first-order chi connectivity index (χ1) is 10.5. The summed E-state index contributed by atoms with van der Waals surface area (Å²) < 4.78 is 26.8. The Labute approximate surface area is 131 Å². The molecule has 7 nitrogen and oxygen atoms in total. The minimum Gasteiger partial charge on any atom is -0.258 e. The first kappa shape index (κ1) is 15.1. The topological polar surface area (TPSA) is 102 Å². The summed E-state index contributed by atoms with van der Waals surface area (Å²) in [7, 11) is -3.80. The molecule has 1 fully saturated rings. The monoisotopic (exact) mass is 339 g/mol. The Kier molecular flexibility index (Phi) is 3.94. The van der Waals surface area contributed by atoms with Gasteiger partial charge in [-0.15, -0.1) is 11.3 Å². The van der Waals surface area contributed by atoms with E-state index in [0.29, 0.717) is 11.6 Å². The number of benzene rings is 1. The number of nitrogens with one attached hydrogen (secondary N) is 1. The number of non-ortho nitro benzene ring substituents is 1. The van der Waals surface area contributed by atoms with Gasteiger partial charge in [-0.25, -0.2) is 18.1 Å². The van der Waals surface area contributed by atoms with Gasteiger partial charge in [0.25, 0.3) is 5.69 Å². The minimum atomic E-state index is -3.80. The normalized spacial score (nSPS) is 14.9. The molecule has 1 aromatic carbocycles. The molecule has 0 bridgehead atoms. The highest BCUT2D eigenvalue weighted by atomic mass is 32.2. The summed E-state index contributed by atoms with van der Waals surface area (Å²) in [5.41, 5.74) is 0.411. The van der Waals surface area contributed by atoms with Gasteiger partial charge in [-0.3, -0.25) is 10.1 Å². The third-order valence-electron chi connectivity index (χ3n) is 3.28. The smallest absolute Gasteiger partial charge is 0.258 e. The quantitative estimate of drug-likeness (QED) is 0.643. The number of hydrogen-bond acceptors (Lipinski definition) is 6. The predicted molar refractivity (Wildman–Crippen MR) is 81.2 cm³/mol. The van der Waals surface area contributed by atoms with Crippen molar-refractivity contribution in [2.45, 2.75) is 30.2 Å². The van der Waals surface area contributed by atoms with Crippen LogP contribution in [0.15, 0.2) is 34.5 Å². The van der Waals surface area contributed by atoms with Gasteiger partial charge in [0.15, 0.2) is 0 Å². The number of nitro benzene ring substituents is 1. The van der Waals surface area contributed by atoms with E-state index in [1.165, 1.54) is 29.5 Å². The molecule has 2 aromatic rings. The molecule has 1 N–H and O–H groups in total. The zero-order valence-electron chi connectivity index (χ0n) is 11.4. The third-order valence-corrected chi connectivity index (χ3v) is 5.73. The van der Waals surface area contributed by atoms with Crippen LogP contribution in [-0.2, 0) is 16.6 Å². The molecule has 0 amide bonds. The number of nitro groups is 1. The van der Waals surface area contributed by atoms with Crippen LogP contribution in [0.1, 0.15) is 29.5 Å². The van der Waals surface area contributed by atoms with Crippen LogP contribution in [0, 0.1) is 10.1 Å². The Morgan fingerprint density at radius 2 is 2.18 bits per heavy atom. The minimum absolute atomic E-state index is 0.0776. The van der Waals surface area contributed by atoms with Gasteiger partial charge in [-0.1, -0.05) is 6.07 Å². The molecule has 0 aliphatic heterocycles. The maximum Gasteiger partial charge on any atom is 0.270 e. The molecule has 0 atom stereocenters. The fourth-order valence-corrected chi connectivity index (χ4v) is 3.97. The van der Waals surface area contributed by atoms with Crippen LogP contribution in [0.5, 0.6) is 0 Å². The average molecular weight is 339 g/mol. The molecule has 22 heavy (non-hydrogen) atoms. The van der Waals surface area contributed by atoms with E-state index in [9.17, 15) is 18.5 Å². The maximum atomic E-state index is 12.2. The lowest BCUT2D eigenvalue weighted by Crippen LogP contribution is -2.23. The molecule has 0 unspecified atom stereocenters. The van der Waals surface area contributed by atoms with E-state index < -0.39 is 14.9 Å². The molecule has 3 rings (SSSR count). The Morgan fingerprint density at radius 1 is 1.41 bits per heavy atom. The number of rotatable bonds is 6. The Balaban J connectivity index is 1.72. The van der Waals surface area contributed by atoms with E-state index in [4.69, 9.17) is 0 Å². The second-order valence-electron chi connectivity index (χ2n) is 5.03. The number of hydrogen-bond donors (Lipinski definition) is 1. The molecule has 1 aliphatic rings. The van der Waals surface area contributed by atoms with Crippen LogP contribution < -0.4 is 4.72 Å². The SMILES string of the molecule is O=[N+]([O-])c1cccc(S(=O)(=O)NCc2csc(C3CC3)n2)c1. The van der Waals surface area contributed by atoms with Crippen molar-refractivity contribution in [1.29, 1.82) is 0 Å². The van der Waals surface area contributed by atoms with Crippen LogP contribution >= 0.6 is 11.3 Å². The summed E-state index contributed by atoms with van der Waals surface area (Å²) in [5, 5.41) is 13.6. The Morgan fingerprint density at radius 3 is 2.86 bits per heavy atom. The summed E-state index contributed by atoms with van der Waals surface area (Å²) in [4.78, 5) is 14.4. The lowest BCUT2D eigenvalue weighted by Gasteiger charge is -2.05. The van der Waals surface area contributed by atoms with Gasteiger partial charge in [-0.2, -0.15) is 0 Å². The third kappa shape index (κ3) is 3.32. The van der Waals surface area contributed by atoms with Crippen LogP contribution in [0.2, 0.25) is 0 Å². The molecular weight excluding hydrogens is 326 g/mol. The molecule has 1 aliphatic carbocycles. The predicted octanol–water partition coefficient (Wildman–Crippen LogP) is 2.41. The van der Waals surface area contributed by atoms with E-state index in [0.717, 1.165) is 23.9 Å².